The van der Waals surface area contributed by atoms with E-state index in [0.717, 1.165) is 19.3 Å². The van der Waals surface area contributed by atoms with E-state index in [4.69, 9.17) is 4.74 Å². The van der Waals surface area contributed by atoms with E-state index in [1.54, 1.807) is 0 Å². The summed E-state index contributed by atoms with van der Waals surface area (Å²) in [6.07, 6.45) is 4.73. The van der Waals surface area contributed by atoms with Gasteiger partial charge in [0.2, 0.25) is 0 Å². The predicted molar refractivity (Wildman–Crippen MR) is 51.4 cm³/mol. The Morgan fingerprint density at radius 2 is 2.46 bits per heavy atom. The van der Waals surface area contributed by atoms with Gasteiger partial charge in [0.25, 0.3) is 0 Å². The summed E-state index contributed by atoms with van der Waals surface area (Å²) in [5.74, 6) is -0.117. The first-order valence-electron chi connectivity index (χ1n) is 4.81. The minimum Gasteiger partial charge on any atom is -0.465 e. The molecule has 1 rings (SSSR count). The van der Waals surface area contributed by atoms with E-state index in [0.29, 0.717) is 12.6 Å². The van der Waals surface area contributed by atoms with Crippen LogP contribution in [-0.4, -0.2) is 24.7 Å². The van der Waals surface area contributed by atoms with Crippen LogP contribution in [0.5, 0.6) is 0 Å². The fraction of sp³-hybridized carbons (Fsp3) is 0.700. The zero-order valence-electron chi connectivity index (χ0n) is 8.08. The van der Waals surface area contributed by atoms with Crippen LogP contribution in [0, 0.1) is 0 Å². The van der Waals surface area contributed by atoms with Gasteiger partial charge in [-0.05, 0) is 26.2 Å². The molecule has 74 valence electrons. The summed E-state index contributed by atoms with van der Waals surface area (Å²) < 4.78 is 4.92. The maximum Gasteiger partial charge on any atom is 0.323 e. The predicted octanol–water partition coefficient (Wildman–Crippen LogP) is 1.25. The summed E-state index contributed by atoms with van der Waals surface area (Å²) in [5.41, 5.74) is 0. The van der Waals surface area contributed by atoms with Crippen molar-refractivity contribution >= 4 is 5.97 Å². The number of carbonyl (C=O) groups is 1. The summed E-state index contributed by atoms with van der Waals surface area (Å²) >= 11 is 0. The number of carbonyl (C=O) groups excluding carboxylic acids is 1. The van der Waals surface area contributed by atoms with Gasteiger partial charge < -0.3 is 10.1 Å². The molecule has 1 aliphatic rings. The van der Waals surface area contributed by atoms with Crippen LogP contribution in [0.25, 0.3) is 0 Å². The van der Waals surface area contributed by atoms with Crippen molar-refractivity contribution in [2.24, 2.45) is 0 Å². The Morgan fingerprint density at radius 3 is 3.08 bits per heavy atom. The molecule has 0 aliphatic carbocycles. The average Bonchev–Trinajstić information content (AvgIpc) is 2.54. The van der Waals surface area contributed by atoms with Crippen LogP contribution in [0.1, 0.15) is 26.2 Å². The molecule has 3 heteroatoms. The number of hydrogen-bond acceptors (Lipinski definition) is 3. The van der Waals surface area contributed by atoms with Crippen LogP contribution in [0.3, 0.4) is 0 Å². The van der Waals surface area contributed by atoms with Gasteiger partial charge in [-0.2, -0.15) is 0 Å². The summed E-state index contributed by atoms with van der Waals surface area (Å²) in [4.78, 5) is 11.3. The molecule has 2 atom stereocenters. The summed E-state index contributed by atoms with van der Waals surface area (Å²) in [6, 6.07) is 0.316. The molecule has 0 unspecified atom stereocenters. The topological polar surface area (TPSA) is 38.3 Å². The molecule has 0 saturated carbocycles. The number of esters is 1. The van der Waals surface area contributed by atoms with E-state index in [-0.39, 0.29) is 12.0 Å². The highest BCUT2D eigenvalue weighted by Gasteiger charge is 2.28. The standard InChI is InChI=1S/C10H17NO2/c1-3-5-8-6-7-9(11-8)10(12)13-4-2/h3,8-9,11H,1,4-7H2,2H3/t8-,9-/m0/s1. The van der Waals surface area contributed by atoms with Gasteiger partial charge in [0.05, 0.1) is 6.61 Å². The van der Waals surface area contributed by atoms with E-state index >= 15 is 0 Å². The maximum atomic E-state index is 11.3. The van der Waals surface area contributed by atoms with Crippen molar-refractivity contribution in [1.82, 2.24) is 5.32 Å². The van der Waals surface area contributed by atoms with Crippen LogP contribution in [0.2, 0.25) is 0 Å². The van der Waals surface area contributed by atoms with Crippen LogP contribution < -0.4 is 5.32 Å². The zero-order valence-corrected chi connectivity index (χ0v) is 8.08. The first-order chi connectivity index (χ1) is 6.27. The highest BCUT2D eigenvalue weighted by Crippen LogP contribution is 2.16. The van der Waals surface area contributed by atoms with Gasteiger partial charge in [-0.1, -0.05) is 6.08 Å². The summed E-state index contributed by atoms with van der Waals surface area (Å²) in [5, 5.41) is 3.23. The molecule has 0 bridgehead atoms. The molecule has 1 heterocycles. The lowest BCUT2D eigenvalue weighted by Crippen LogP contribution is -2.36. The smallest absolute Gasteiger partial charge is 0.323 e. The van der Waals surface area contributed by atoms with E-state index in [1.807, 2.05) is 13.0 Å². The minimum atomic E-state index is -0.117. The summed E-state index contributed by atoms with van der Waals surface area (Å²) in [6.45, 7) is 5.96. The molecule has 0 aromatic rings. The molecule has 1 saturated heterocycles. The Morgan fingerprint density at radius 1 is 1.69 bits per heavy atom. The highest BCUT2D eigenvalue weighted by molar-refractivity contribution is 5.76. The monoisotopic (exact) mass is 183 g/mol. The molecule has 0 radical (unpaired) electrons. The van der Waals surface area contributed by atoms with Crippen LogP contribution in [-0.2, 0) is 9.53 Å². The Hall–Kier alpha value is -0.830. The number of rotatable bonds is 4. The minimum absolute atomic E-state index is 0.0927. The molecule has 3 nitrogen and oxygen atoms in total. The second-order valence-electron chi connectivity index (χ2n) is 3.27. The number of ether oxygens (including phenoxy) is 1. The van der Waals surface area contributed by atoms with Gasteiger partial charge in [0, 0.05) is 6.04 Å². The quantitative estimate of drug-likeness (QED) is 0.526. The van der Waals surface area contributed by atoms with Crippen molar-refractivity contribution in [3.8, 4) is 0 Å². The lowest BCUT2D eigenvalue weighted by atomic mass is 10.1. The van der Waals surface area contributed by atoms with Crippen molar-refractivity contribution < 1.29 is 9.53 Å². The third kappa shape index (κ3) is 2.84. The third-order valence-corrected chi connectivity index (χ3v) is 2.26. The second-order valence-corrected chi connectivity index (χ2v) is 3.27. The lowest BCUT2D eigenvalue weighted by Gasteiger charge is -2.11. The first-order valence-corrected chi connectivity index (χ1v) is 4.81. The molecule has 0 amide bonds. The Balaban J connectivity index is 2.31. The molecular formula is C10H17NO2. The maximum absolute atomic E-state index is 11.3. The van der Waals surface area contributed by atoms with Crippen molar-refractivity contribution in [3.05, 3.63) is 12.7 Å². The summed E-state index contributed by atoms with van der Waals surface area (Å²) in [7, 11) is 0. The number of hydrogen-bond donors (Lipinski definition) is 1. The fourth-order valence-corrected chi connectivity index (χ4v) is 1.63. The van der Waals surface area contributed by atoms with E-state index in [9.17, 15) is 4.79 Å². The Kier molecular flexibility index (Phi) is 3.96. The lowest BCUT2D eigenvalue weighted by molar-refractivity contribution is -0.145. The van der Waals surface area contributed by atoms with Crippen LogP contribution in [0.15, 0.2) is 12.7 Å². The van der Waals surface area contributed by atoms with Gasteiger partial charge >= 0.3 is 5.97 Å². The van der Waals surface area contributed by atoms with Crippen molar-refractivity contribution in [2.75, 3.05) is 6.61 Å². The third-order valence-electron chi connectivity index (χ3n) is 2.26. The molecular weight excluding hydrogens is 166 g/mol. The van der Waals surface area contributed by atoms with Gasteiger partial charge in [-0.3, -0.25) is 4.79 Å². The SMILES string of the molecule is C=CC[C@H]1CC[C@@H](C(=O)OCC)N1. The molecule has 1 aliphatic heterocycles. The highest BCUT2D eigenvalue weighted by atomic mass is 16.5. The first kappa shape index (κ1) is 10.3. The molecule has 0 aromatic carbocycles. The zero-order chi connectivity index (χ0) is 9.68. The van der Waals surface area contributed by atoms with Crippen LogP contribution >= 0.6 is 0 Å². The molecule has 13 heavy (non-hydrogen) atoms. The molecule has 0 spiro atoms. The number of nitrogens with one attached hydrogen (secondary N) is 1. The van der Waals surface area contributed by atoms with E-state index < -0.39 is 0 Å². The van der Waals surface area contributed by atoms with Gasteiger partial charge in [0.15, 0.2) is 0 Å². The molecule has 1 fully saturated rings. The van der Waals surface area contributed by atoms with Gasteiger partial charge in [0.1, 0.15) is 6.04 Å². The van der Waals surface area contributed by atoms with E-state index in [1.165, 1.54) is 0 Å². The van der Waals surface area contributed by atoms with Crippen molar-refractivity contribution in [1.29, 1.82) is 0 Å². The van der Waals surface area contributed by atoms with E-state index in [2.05, 4.69) is 11.9 Å². The Bertz CT molecular complexity index is 191. The van der Waals surface area contributed by atoms with Crippen molar-refractivity contribution in [3.63, 3.8) is 0 Å². The largest absolute Gasteiger partial charge is 0.465 e. The Labute approximate surface area is 79.2 Å². The second kappa shape index (κ2) is 5.02. The van der Waals surface area contributed by atoms with Crippen LogP contribution in [0.4, 0.5) is 0 Å². The molecule has 1 N–H and O–H groups in total. The van der Waals surface area contributed by atoms with Gasteiger partial charge in [-0.25, -0.2) is 0 Å². The fourth-order valence-electron chi connectivity index (χ4n) is 1.63. The average molecular weight is 183 g/mol. The van der Waals surface area contributed by atoms with Gasteiger partial charge in [-0.15, -0.1) is 6.58 Å². The normalized spacial score (nSPS) is 27.2. The molecule has 0 aromatic heterocycles. The van der Waals surface area contributed by atoms with Crippen molar-refractivity contribution in [2.45, 2.75) is 38.3 Å².